The first-order valence-electron chi connectivity index (χ1n) is 6.31. The van der Waals surface area contributed by atoms with Gasteiger partial charge in [-0.05, 0) is 13.3 Å². The Balaban J connectivity index is 1.78. The summed E-state index contributed by atoms with van der Waals surface area (Å²) in [4.78, 5) is 35.2. The third-order valence-electron chi connectivity index (χ3n) is 3.52. The van der Waals surface area contributed by atoms with Crippen molar-refractivity contribution in [2.75, 3.05) is 26.2 Å². The summed E-state index contributed by atoms with van der Waals surface area (Å²) in [6.07, 6.45) is 0.963. The SMILES string of the molecule is CC1(OCC(=O)O)CN(C(=O)C2CCC(=O)NC2)C1. The standard InChI is InChI=1S/C12H18N2O5/c1-12(19-5-10(16)17)6-14(7-12)11(18)8-2-3-9(15)13-4-8/h8H,2-7H2,1H3,(H,13,15)(H,16,17). The normalized spacial score (nSPS) is 25.4. The molecule has 2 aliphatic heterocycles. The first-order chi connectivity index (χ1) is 8.89. The van der Waals surface area contributed by atoms with Crippen molar-refractivity contribution in [3.63, 3.8) is 0 Å². The van der Waals surface area contributed by atoms with E-state index in [1.807, 2.05) is 0 Å². The number of amides is 2. The molecule has 106 valence electrons. The zero-order valence-electron chi connectivity index (χ0n) is 10.8. The summed E-state index contributed by atoms with van der Waals surface area (Å²) in [5.74, 6) is -1.18. The van der Waals surface area contributed by atoms with Crippen LogP contribution >= 0.6 is 0 Å². The summed E-state index contributed by atoms with van der Waals surface area (Å²) in [5, 5.41) is 11.2. The molecule has 2 fully saturated rings. The molecule has 0 saturated carbocycles. The van der Waals surface area contributed by atoms with Crippen LogP contribution in [-0.4, -0.2) is 59.6 Å². The molecule has 2 amide bonds. The molecule has 2 aliphatic rings. The van der Waals surface area contributed by atoms with Gasteiger partial charge in [-0.1, -0.05) is 0 Å². The summed E-state index contributed by atoms with van der Waals surface area (Å²) in [7, 11) is 0. The van der Waals surface area contributed by atoms with Gasteiger partial charge in [0.2, 0.25) is 11.8 Å². The summed E-state index contributed by atoms with van der Waals surface area (Å²) >= 11 is 0. The maximum absolute atomic E-state index is 12.1. The highest BCUT2D eigenvalue weighted by atomic mass is 16.5. The van der Waals surface area contributed by atoms with Crippen molar-refractivity contribution >= 4 is 17.8 Å². The lowest BCUT2D eigenvalue weighted by Crippen LogP contribution is -2.65. The van der Waals surface area contributed by atoms with Crippen molar-refractivity contribution in [1.82, 2.24) is 10.2 Å². The largest absolute Gasteiger partial charge is 0.480 e. The van der Waals surface area contributed by atoms with Gasteiger partial charge in [-0.3, -0.25) is 9.59 Å². The second-order valence-corrected chi connectivity index (χ2v) is 5.37. The predicted octanol–water partition coefficient (Wildman–Crippen LogP) is -0.785. The van der Waals surface area contributed by atoms with E-state index in [0.29, 0.717) is 32.5 Å². The Morgan fingerprint density at radius 2 is 2.21 bits per heavy atom. The van der Waals surface area contributed by atoms with Gasteiger partial charge < -0.3 is 20.1 Å². The lowest BCUT2D eigenvalue weighted by molar-refractivity contribution is -0.175. The Morgan fingerprint density at radius 1 is 1.53 bits per heavy atom. The van der Waals surface area contributed by atoms with Crippen molar-refractivity contribution in [3.8, 4) is 0 Å². The molecule has 1 unspecified atom stereocenters. The van der Waals surface area contributed by atoms with E-state index in [9.17, 15) is 14.4 Å². The van der Waals surface area contributed by atoms with Crippen LogP contribution in [0.1, 0.15) is 19.8 Å². The van der Waals surface area contributed by atoms with Gasteiger partial charge in [0.1, 0.15) is 12.2 Å². The molecule has 2 heterocycles. The summed E-state index contributed by atoms with van der Waals surface area (Å²) in [5.41, 5.74) is -0.564. The highest BCUT2D eigenvalue weighted by Crippen LogP contribution is 2.27. The smallest absolute Gasteiger partial charge is 0.329 e. The summed E-state index contributed by atoms with van der Waals surface area (Å²) < 4.78 is 5.25. The minimum Gasteiger partial charge on any atom is -0.480 e. The van der Waals surface area contributed by atoms with Gasteiger partial charge in [0.15, 0.2) is 0 Å². The maximum Gasteiger partial charge on any atom is 0.329 e. The molecular formula is C12H18N2O5. The van der Waals surface area contributed by atoms with Crippen molar-refractivity contribution in [1.29, 1.82) is 0 Å². The number of rotatable bonds is 4. The van der Waals surface area contributed by atoms with Gasteiger partial charge in [0.25, 0.3) is 0 Å². The molecule has 0 aromatic heterocycles. The van der Waals surface area contributed by atoms with Gasteiger partial charge in [0, 0.05) is 13.0 Å². The predicted molar refractivity (Wildman–Crippen MR) is 64.3 cm³/mol. The van der Waals surface area contributed by atoms with Gasteiger partial charge in [0.05, 0.1) is 19.0 Å². The summed E-state index contributed by atoms with van der Waals surface area (Å²) in [6.45, 7) is 2.65. The van der Waals surface area contributed by atoms with Crippen molar-refractivity contribution in [2.24, 2.45) is 5.92 Å². The van der Waals surface area contributed by atoms with E-state index in [2.05, 4.69) is 5.32 Å². The second-order valence-electron chi connectivity index (χ2n) is 5.37. The zero-order valence-corrected chi connectivity index (χ0v) is 10.8. The van der Waals surface area contributed by atoms with Gasteiger partial charge >= 0.3 is 5.97 Å². The number of carbonyl (C=O) groups excluding carboxylic acids is 2. The number of carboxylic acids is 1. The molecule has 1 atom stereocenters. The first kappa shape index (κ1) is 13.8. The van der Waals surface area contributed by atoms with Crippen molar-refractivity contribution in [3.05, 3.63) is 0 Å². The molecule has 2 rings (SSSR count). The molecular weight excluding hydrogens is 252 g/mol. The van der Waals surface area contributed by atoms with Crippen molar-refractivity contribution in [2.45, 2.75) is 25.4 Å². The number of carbonyl (C=O) groups is 3. The Hall–Kier alpha value is -1.63. The monoisotopic (exact) mass is 270 g/mol. The van der Waals surface area contributed by atoms with Gasteiger partial charge in [-0.15, -0.1) is 0 Å². The average Bonchev–Trinajstić information content (AvgIpc) is 2.33. The molecule has 19 heavy (non-hydrogen) atoms. The Kier molecular flexibility index (Phi) is 3.75. The number of carboxylic acid groups (broad SMARTS) is 1. The Morgan fingerprint density at radius 3 is 2.74 bits per heavy atom. The van der Waals surface area contributed by atoms with Crippen LogP contribution in [0.4, 0.5) is 0 Å². The minimum absolute atomic E-state index is 0.0106. The fraction of sp³-hybridized carbons (Fsp3) is 0.750. The third-order valence-corrected chi connectivity index (χ3v) is 3.52. The van der Waals surface area contributed by atoms with E-state index in [1.54, 1.807) is 11.8 Å². The number of piperidine rings is 1. The van der Waals surface area contributed by atoms with Crippen LogP contribution in [0.2, 0.25) is 0 Å². The molecule has 0 aromatic carbocycles. The van der Waals surface area contributed by atoms with Crippen LogP contribution in [-0.2, 0) is 19.1 Å². The van der Waals surface area contributed by atoms with Crippen LogP contribution in [0.5, 0.6) is 0 Å². The molecule has 0 bridgehead atoms. The fourth-order valence-electron chi connectivity index (χ4n) is 2.45. The quantitative estimate of drug-likeness (QED) is 0.698. The average molecular weight is 270 g/mol. The summed E-state index contributed by atoms with van der Waals surface area (Å²) in [6, 6.07) is 0. The number of aliphatic carboxylic acids is 1. The van der Waals surface area contributed by atoms with E-state index < -0.39 is 11.6 Å². The van der Waals surface area contributed by atoms with Crippen LogP contribution in [0.25, 0.3) is 0 Å². The first-order valence-corrected chi connectivity index (χ1v) is 6.31. The molecule has 0 aliphatic carbocycles. The van der Waals surface area contributed by atoms with E-state index in [4.69, 9.17) is 9.84 Å². The fourth-order valence-corrected chi connectivity index (χ4v) is 2.45. The minimum atomic E-state index is -1.01. The van der Waals surface area contributed by atoms with E-state index in [1.165, 1.54) is 0 Å². The molecule has 0 aromatic rings. The molecule has 0 spiro atoms. The Bertz CT molecular complexity index is 393. The molecule has 0 radical (unpaired) electrons. The molecule has 2 saturated heterocycles. The number of hydrogen-bond donors (Lipinski definition) is 2. The Labute approximate surface area is 110 Å². The highest BCUT2D eigenvalue weighted by molar-refractivity contribution is 5.84. The molecule has 7 heteroatoms. The second kappa shape index (κ2) is 5.16. The maximum atomic E-state index is 12.1. The van der Waals surface area contributed by atoms with Crippen LogP contribution in [0.3, 0.4) is 0 Å². The molecule has 7 nitrogen and oxygen atoms in total. The van der Waals surface area contributed by atoms with E-state index >= 15 is 0 Å². The number of ether oxygens (including phenoxy) is 1. The highest BCUT2D eigenvalue weighted by Gasteiger charge is 2.44. The van der Waals surface area contributed by atoms with Gasteiger partial charge in [-0.2, -0.15) is 0 Å². The van der Waals surface area contributed by atoms with Gasteiger partial charge in [-0.25, -0.2) is 4.79 Å². The third kappa shape index (κ3) is 3.23. The topological polar surface area (TPSA) is 95.9 Å². The van der Waals surface area contributed by atoms with E-state index in [-0.39, 0.29) is 24.3 Å². The number of likely N-dealkylation sites (tertiary alicyclic amines) is 1. The van der Waals surface area contributed by atoms with E-state index in [0.717, 1.165) is 0 Å². The van der Waals surface area contributed by atoms with Crippen LogP contribution < -0.4 is 5.32 Å². The molecule has 2 N–H and O–H groups in total. The van der Waals surface area contributed by atoms with Crippen LogP contribution in [0.15, 0.2) is 0 Å². The number of nitrogens with one attached hydrogen (secondary N) is 1. The zero-order chi connectivity index (χ0) is 14.0. The lowest BCUT2D eigenvalue weighted by Gasteiger charge is -2.48. The number of nitrogens with zero attached hydrogens (tertiary/aromatic N) is 1. The van der Waals surface area contributed by atoms with Crippen LogP contribution in [0, 0.1) is 5.92 Å². The number of hydrogen-bond acceptors (Lipinski definition) is 4. The van der Waals surface area contributed by atoms with Crippen molar-refractivity contribution < 1.29 is 24.2 Å². The lowest BCUT2D eigenvalue weighted by atomic mass is 9.91.